The minimum absolute atomic E-state index is 0.149. The van der Waals surface area contributed by atoms with Crippen LogP contribution in [0.1, 0.15) is 120 Å². The Morgan fingerprint density at radius 1 is 0.377 bits per heavy atom. The van der Waals surface area contributed by atoms with Gasteiger partial charge in [0.25, 0.3) is 11.4 Å². The van der Waals surface area contributed by atoms with Crippen LogP contribution in [0.25, 0.3) is 0 Å². The summed E-state index contributed by atoms with van der Waals surface area (Å²) in [5.41, 5.74) is 20.4. The fraction of sp³-hybridized carbons (Fsp3) is 0.256. The number of non-ortho nitro benzene ring substituents is 2. The molecule has 0 amide bonds. The van der Waals surface area contributed by atoms with Crippen LogP contribution in [0.2, 0.25) is 0 Å². The first kappa shape index (κ1) is 74.2. The molecule has 0 aromatic heterocycles. The van der Waals surface area contributed by atoms with Crippen molar-refractivity contribution in [1.29, 1.82) is 0 Å². The van der Waals surface area contributed by atoms with Crippen LogP contribution >= 0.6 is 0 Å². The largest absolute Gasteiger partial charge is 0.339 e. The highest BCUT2D eigenvalue weighted by molar-refractivity contribution is 6.05. The molecule has 0 bridgehead atoms. The second kappa shape index (κ2) is 31.2. The van der Waals surface area contributed by atoms with Crippen molar-refractivity contribution in [1.82, 2.24) is 0 Å². The lowest BCUT2D eigenvalue weighted by Gasteiger charge is -2.35. The zero-order valence-electron chi connectivity index (χ0n) is 59.1. The first-order chi connectivity index (χ1) is 51.0. The quantitative estimate of drug-likeness (QED) is 0.0439. The summed E-state index contributed by atoms with van der Waals surface area (Å²) in [6.07, 6.45) is 27.6. The third-order valence-electron chi connectivity index (χ3n) is 22.4. The molecule has 9 aromatic rings. The lowest BCUT2D eigenvalue weighted by atomic mass is 9.67. The molecule has 20 heteroatoms. The van der Waals surface area contributed by atoms with Crippen LogP contribution in [-0.4, -0.2) is 44.5 Å². The Kier molecular flexibility index (Phi) is 21.8. The van der Waals surface area contributed by atoms with Gasteiger partial charge in [-0.2, -0.15) is 9.15 Å². The Labute approximate surface area is 621 Å². The number of para-hydroxylation sites is 2. The summed E-state index contributed by atoms with van der Waals surface area (Å²) < 4.78 is 72.5. The van der Waals surface area contributed by atoms with Gasteiger partial charge in [-0.1, -0.05) is 233 Å². The highest BCUT2D eigenvalue weighted by Crippen LogP contribution is 2.56. The first-order valence-electron chi connectivity index (χ1n) is 35.8. The van der Waals surface area contributed by atoms with E-state index in [0.717, 1.165) is 112 Å². The summed E-state index contributed by atoms with van der Waals surface area (Å²) >= 11 is 0. The number of nitro groups is 2. The molecule has 0 radical (unpaired) electrons. The maximum Gasteiger partial charge on any atom is 0.270 e. The average molecular weight is 1460 g/mol. The molecule has 0 unspecified atom stereocenters. The van der Waals surface area contributed by atoms with Crippen LogP contribution in [0.4, 0.5) is 34.1 Å². The topological polar surface area (TPSA) is 283 Å². The number of allylic oxidation sites excluding steroid dienone is 8. The highest BCUT2D eigenvalue weighted by atomic mass is 35.7. The minimum Gasteiger partial charge on any atom is -0.339 e. The van der Waals surface area contributed by atoms with Gasteiger partial charge in [-0.15, -0.1) is 20.5 Å². The lowest BCUT2D eigenvalue weighted by Crippen LogP contribution is -2.68. The average Bonchev–Trinajstić information content (AvgIpc) is 1.61. The fourth-order valence-corrected chi connectivity index (χ4v) is 18.0. The van der Waals surface area contributed by atoms with Crippen molar-refractivity contribution in [3.05, 3.63) is 354 Å². The van der Waals surface area contributed by atoms with Crippen LogP contribution in [-0.2, 0) is 60.4 Å². The SMILES string of the molecule is C[N+]1=C(C=CC=C2N(Cc3ccc(CN4C(=CC=CC5=[N+](C)c6ccc([N+](=O)[O-])cc6C56CCCCC6)C(Cc5ccccc5)(Cc5ccccc5)c5ccccc54)cc3)c3ccccc3C2(Cc2ccccc2)Cc2ccccc2)C2(CCCCC2)c2cc([N+](=O)[O-])ccc21.[O-][Cl+3]([O-])([O-])[O-].[O-][Cl+3]([O-])([O-])[O-]. The van der Waals surface area contributed by atoms with Crippen molar-refractivity contribution in [2.24, 2.45) is 0 Å². The van der Waals surface area contributed by atoms with Crippen LogP contribution < -0.4 is 47.1 Å². The van der Waals surface area contributed by atoms with E-state index in [1.165, 1.54) is 78.7 Å². The van der Waals surface area contributed by atoms with Gasteiger partial charge in [-0.3, -0.25) is 20.2 Å². The summed E-state index contributed by atoms with van der Waals surface area (Å²) in [5.74, 6) is 0. The summed E-state index contributed by atoms with van der Waals surface area (Å²) in [7, 11) is -5.61. The van der Waals surface area contributed by atoms with Gasteiger partial charge in [0.05, 0.1) is 20.7 Å². The zero-order valence-corrected chi connectivity index (χ0v) is 60.6. The minimum atomic E-state index is -4.94. The van der Waals surface area contributed by atoms with Crippen molar-refractivity contribution in [3.8, 4) is 0 Å². The van der Waals surface area contributed by atoms with Gasteiger partial charge in [0.15, 0.2) is 11.4 Å². The van der Waals surface area contributed by atoms with E-state index in [9.17, 15) is 20.2 Å². The molecular formula is C86H82Cl2N6O12. The van der Waals surface area contributed by atoms with Crippen LogP contribution in [0, 0.1) is 40.7 Å². The van der Waals surface area contributed by atoms with Crippen molar-refractivity contribution < 1.29 is 76.8 Å². The van der Waals surface area contributed by atoms with Gasteiger partial charge in [-0.05, 0) is 120 Å². The Morgan fingerprint density at radius 2 is 0.670 bits per heavy atom. The van der Waals surface area contributed by atoms with Gasteiger partial charge < -0.3 is 9.80 Å². The molecule has 0 saturated heterocycles. The van der Waals surface area contributed by atoms with Crippen LogP contribution in [0.3, 0.4) is 0 Å². The van der Waals surface area contributed by atoms with E-state index in [4.69, 9.17) is 37.3 Å². The van der Waals surface area contributed by atoms with Gasteiger partial charge in [0.1, 0.15) is 14.1 Å². The Morgan fingerprint density at radius 3 is 0.972 bits per heavy atom. The molecule has 2 fully saturated rings. The number of hydrogen-bond acceptors (Lipinski definition) is 14. The monoisotopic (exact) mass is 1460 g/mol. The molecule has 6 aliphatic rings. The van der Waals surface area contributed by atoms with Crippen molar-refractivity contribution in [3.63, 3.8) is 0 Å². The maximum atomic E-state index is 12.3. The molecule has 542 valence electrons. The molecule has 15 rings (SSSR count). The summed E-state index contributed by atoms with van der Waals surface area (Å²) in [5, 5.41) is 24.6. The third-order valence-corrected chi connectivity index (χ3v) is 22.4. The molecule has 18 nitrogen and oxygen atoms in total. The summed E-state index contributed by atoms with van der Waals surface area (Å²) in [6.45, 7) is 1.28. The van der Waals surface area contributed by atoms with Crippen molar-refractivity contribution in [2.75, 3.05) is 23.9 Å². The molecule has 2 saturated carbocycles. The lowest BCUT2D eigenvalue weighted by molar-refractivity contribution is -2.00. The molecule has 4 aliphatic heterocycles. The van der Waals surface area contributed by atoms with E-state index in [2.05, 4.69) is 264 Å². The smallest absolute Gasteiger partial charge is 0.270 e. The molecular weight excluding hydrogens is 1380 g/mol. The van der Waals surface area contributed by atoms with E-state index in [-0.39, 0.29) is 32.1 Å². The number of benzene rings is 9. The number of rotatable bonds is 18. The van der Waals surface area contributed by atoms with E-state index in [1.54, 1.807) is 12.1 Å². The van der Waals surface area contributed by atoms with Gasteiger partial charge in [-0.25, -0.2) is 37.3 Å². The number of halogens is 2. The molecule has 0 atom stereocenters. The Bertz CT molecular complexity index is 4490. The first-order valence-corrected chi connectivity index (χ1v) is 38.2. The third kappa shape index (κ3) is 15.6. The number of hydrogen-bond donors (Lipinski definition) is 0. The molecule has 2 aliphatic carbocycles. The van der Waals surface area contributed by atoms with E-state index >= 15 is 0 Å². The van der Waals surface area contributed by atoms with E-state index < -0.39 is 31.3 Å². The highest BCUT2D eigenvalue weighted by Gasteiger charge is 2.54. The standard InChI is InChI=1S/C86H82N6O4.2ClHO4/c1-87-75-49-47-69(91(93)94)55-73(75)83(51-21-7-22-52-83)79(87)39-25-41-81-85(57-63-27-9-3-10-28-63,58-64-29-11-4-12-30-64)71-35-17-19-37-77(71)89(81)61-67-43-45-68(46-44-67)62-90-78-38-20-18-36-72(78)86(59-65-31-13-5-14-32-65,60-66-33-15-6-16-34-66)82(90)42-26-40-80-84(53-23-8-24-54-84)74-56-70(92(95)96)48-50-76(74)88(80)2;2*2-1(3,4)5/h3-6,9-20,25-50,55-56H,7-8,21-24,51-54,57-62H2,1-2H3;2*(H,2,3,4,5)/q+2;;/p-2. The normalized spacial score (nSPS) is 18.1. The Hall–Kier alpha value is -10.1. The van der Waals surface area contributed by atoms with Crippen molar-refractivity contribution in [2.45, 2.75) is 125 Å². The van der Waals surface area contributed by atoms with Crippen LogP contribution in [0.5, 0.6) is 0 Å². The molecule has 4 heterocycles. The second-order valence-corrected chi connectivity index (χ2v) is 30.0. The summed E-state index contributed by atoms with van der Waals surface area (Å²) in [6, 6.07) is 82.3. The predicted molar refractivity (Wildman–Crippen MR) is 387 cm³/mol. The number of fused-ring (bicyclic) bond motifs is 6. The van der Waals surface area contributed by atoms with Gasteiger partial charge in [0.2, 0.25) is 11.4 Å². The van der Waals surface area contributed by atoms with Crippen molar-refractivity contribution >= 4 is 45.5 Å². The molecule has 9 aromatic carbocycles. The van der Waals surface area contributed by atoms with E-state index in [0.29, 0.717) is 13.1 Å². The van der Waals surface area contributed by atoms with Crippen LogP contribution in [0.15, 0.2) is 278 Å². The predicted octanol–water partition coefficient (Wildman–Crippen LogP) is 9.62. The molecule has 2 spiro atoms. The fourth-order valence-electron chi connectivity index (χ4n) is 18.0. The van der Waals surface area contributed by atoms with Gasteiger partial charge in [0, 0.05) is 106 Å². The Balaban J connectivity index is 0.000000934. The molecule has 0 N–H and O–H groups in total. The second-order valence-electron chi connectivity index (χ2n) is 28.5. The number of nitrogens with zero attached hydrogens (tertiary/aromatic N) is 6. The molecule has 106 heavy (non-hydrogen) atoms. The van der Waals surface area contributed by atoms with E-state index in [1.807, 2.05) is 24.3 Å². The number of nitro benzene ring substituents is 2. The summed E-state index contributed by atoms with van der Waals surface area (Å²) in [4.78, 5) is 29.3. The maximum absolute atomic E-state index is 12.3. The number of anilines is 2. The van der Waals surface area contributed by atoms with Gasteiger partial charge >= 0.3 is 0 Å². The zero-order chi connectivity index (χ0) is 74.4.